The molecule has 0 atom stereocenters. The molecule has 0 aliphatic carbocycles. The van der Waals surface area contributed by atoms with Crippen molar-refractivity contribution in [2.45, 2.75) is 13.0 Å². The van der Waals surface area contributed by atoms with E-state index in [0.717, 1.165) is 6.07 Å². The first kappa shape index (κ1) is 10.3. The summed E-state index contributed by atoms with van der Waals surface area (Å²) in [6.07, 6.45) is -2.68. The van der Waals surface area contributed by atoms with Gasteiger partial charge in [-0.2, -0.15) is 0 Å². The van der Waals surface area contributed by atoms with Crippen LogP contribution >= 0.6 is 15.9 Å². The lowest BCUT2D eigenvalue weighted by Gasteiger charge is -2.04. The van der Waals surface area contributed by atoms with Crippen LogP contribution in [0, 0.1) is 0 Å². The molecule has 0 unspecified atom stereocenters. The van der Waals surface area contributed by atoms with Gasteiger partial charge in [0.2, 0.25) is 0 Å². The van der Waals surface area contributed by atoms with Crippen LogP contribution in [0.25, 0.3) is 0 Å². The molecule has 0 saturated carbocycles. The summed E-state index contributed by atoms with van der Waals surface area (Å²) in [5.74, 6) is 0. The van der Waals surface area contributed by atoms with Crippen LogP contribution in [0.1, 0.15) is 17.7 Å². The van der Waals surface area contributed by atoms with Crippen LogP contribution in [0.5, 0.6) is 0 Å². The third-order valence-corrected chi connectivity index (χ3v) is 2.22. The number of aromatic amines is 1. The largest absolute Gasteiger partial charge is 0.348 e. The SMILES string of the molecule is NCc1c(Br)[nH]c(C(F)F)cc1=O. The Morgan fingerprint density at radius 1 is 1.62 bits per heavy atom. The molecular formula is C7H7BrF2N2O. The molecule has 3 N–H and O–H groups in total. The van der Waals surface area contributed by atoms with E-state index in [-0.39, 0.29) is 16.7 Å². The Hall–Kier alpha value is -0.750. The van der Waals surface area contributed by atoms with Crippen molar-refractivity contribution in [3.05, 3.63) is 32.2 Å². The number of rotatable bonds is 2. The molecule has 0 fully saturated rings. The molecule has 0 aliphatic heterocycles. The summed E-state index contributed by atoms with van der Waals surface area (Å²) in [4.78, 5) is 13.5. The number of alkyl halides is 2. The highest BCUT2D eigenvalue weighted by Crippen LogP contribution is 2.18. The van der Waals surface area contributed by atoms with E-state index in [1.165, 1.54) is 0 Å². The maximum Gasteiger partial charge on any atom is 0.278 e. The lowest BCUT2D eigenvalue weighted by atomic mass is 10.2. The standard InChI is InChI=1S/C7H7BrF2N2O/c8-6-3(2-11)5(13)1-4(12-6)7(9)10/h1,7H,2,11H2,(H,12,13). The Balaban J connectivity index is 3.29. The van der Waals surface area contributed by atoms with Gasteiger partial charge in [-0.3, -0.25) is 4.79 Å². The summed E-state index contributed by atoms with van der Waals surface area (Å²) in [5, 5.41) is 0. The molecule has 1 aromatic heterocycles. The van der Waals surface area contributed by atoms with Gasteiger partial charge in [0.15, 0.2) is 5.43 Å². The minimum atomic E-state index is -2.68. The smallest absolute Gasteiger partial charge is 0.278 e. The summed E-state index contributed by atoms with van der Waals surface area (Å²) < 4.78 is 24.5. The highest BCUT2D eigenvalue weighted by atomic mass is 79.9. The summed E-state index contributed by atoms with van der Waals surface area (Å²) >= 11 is 2.96. The number of halogens is 3. The number of H-pyrrole nitrogens is 1. The number of nitrogens with one attached hydrogen (secondary N) is 1. The van der Waals surface area contributed by atoms with Crippen LogP contribution in [0.2, 0.25) is 0 Å². The maximum absolute atomic E-state index is 12.1. The Morgan fingerprint density at radius 3 is 2.62 bits per heavy atom. The fourth-order valence-electron chi connectivity index (χ4n) is 0.883. The zero-order valence-electron chi connectivity index (χ0n) is 6.48. The van der Waals surface area contributed by atoms with Crippen LogP contribution in [0.15, 0.2) is 15.5 Å². The second kappa shape index (κ2) is 3.97. The average molecular weight is 253 g/mol. The molecule has 1 heterocycles. The highest BCUT2D eigenvalue weighted by Gasteiger charge is 2.12. The molecule has 13 heavy (non-hydrogen) atoms. The molecule has 0 radical (unpaired) electrons. The predicted octanol–water partition coefficient (Wildman–Crippen LogP) is 1.53. The summed E-state index contributed by atoms with van der Waals surface area (Å²) in [6.45, 7) is 0.0133. The topological polar surface area (TPSA) is 58.9 Å². The maximum atomic E-state index is 12.1. The fourth-order valence-corrected chi connectivity index (χ4v) is 1.47. The Labute approximate surface area is 81.1 Å². The van der Waals surface area contributed by atoms with Gasteiger partial charge in [-0.15, -0.1) is 0 Å². The normalized spacial score (nSPS) is 10.8. The summed E-state index contributed by atoms with van der Waals surface area (Å²) in [5.41, 5.74) is 4.62. The molecule has 0 bridgehead atoms. The number of pyridine rings is 1. The van der Waals surface area contributed by atoms with Gasteiger partial charge in [0.25, 0.3) is 6.43 Å². The van der Waals surface area contributed by atoms with E-state index >= 15 is 0 Å². The zero-order chi connectivity index (χ0) is 10.0. The molecule has 0 aliphatic rings. The van der Waals surface area contributed by atoms with Crippen LogP contribution in [0.3, 0.4) is 0 Å². The fraction of sp³-hybridized carbons (Fsp3) is 0.286. The molecule has 0 spiro atoms. The molecule has 0 amide bonds. The molecule has 1 aromatic rings. The molecule has 0 saturated heterocycles. The first-order chi connectivity index (χ1) is 6.06. The first-order valence-corrected chi connectivity index (χ1v) is 4.25. The average Bonchev–Trinajstić information content (AvgIpc) is 2.03. The van der Waals surface area contributed by atoms with Crippen LogP contribution < -0.4 is 11.2 Å². The van der Waals surface area contributed by atoms with E-state index in [0.29, 0.717) is 0 Å². The number of nitrogens with two attached hydrogens (primary N) is 1. The van der Waals surface area contributed by atoms with Crippen molar-refractivity contribution < 1.29 is 8.78 Å². The van der Waals surface area contributed by atoms with E-state index < -0.39 is 17.5 Å². The number of aromatic nitrogens is 1. The van der Waals surface area contributed by atoms with E-state index in [2.05, 4.69) is 20.9 Å². The van der Waals surface area contributed by atoms with Crippen molar-refractivity contribution >= 4 is 15.9 Å². The van der Waals surface area contributed by atoms with Gasteiger partial charge in [0.05, 0.1) is 10.3 Å². The molecule has 0 aromatic carbocycles. The van der Waals surface area contributed by atoms with Crippen molar-refractivity contribution in [3.8, 4) is 0 Å². The van der Waals surface area contributed by atoms with Crippen molar-refractivity contribution in [3.63, 3.8) is 0 Å². The highest BCUT2D eigenvalue weighted by molar-refractivity contribution is 9.10. The molecular weight excluding hydrogens is 246 g/mol. The van der Waals surface area contributed by atoms with Crippen LogP contribution in [-0.2, 0) is 6.54 Å². The van der Waals surface area contributed by atoms with Gasteiger partial charge in [0.1, 0.15) is 0 Å². The van der Waals surface area contributed by atoms with Crippen molar-refractivity contribution in [2.24, 2.45) is 5.73 Å². The molecule has 72 valence electrons. The van der Waals surface area contributed by atoms with Gasteiger partial charge in [-0.25, -0.2) is 8.78 Å². The van der Waals surface area contributed by atoms with Gasteiger partial charge < -0.3 is 10.7 Å². The van der Waals surface area contributed by atoms with Crippen molar-refractivity contribution in [1.29, 1.82) is 0 Å². The van der Waals surface area contributed by atoms with Crippen molar-refractivity contribution in [2.75, 3.05) is 0 Å². The van der Waals surface area contributed by atoms with Crippen LogP contribution in [-0.4, -0.2) is 4.98 Å². The van der Waals surface area contributed by atoms with Gasteiger partial charge in [-0.1, -0.05) is 0 Å². The number of hydrogen-bond donors (Lipinski definition) is 2. The number of hydrogen-bond acceptors (Lipinski definition) is 2. The van der Waals surface area contributed by atoms with Gasteiger partial charge >= 0.3 is 0 Å². The quantitative estimate of drug-likeness (QED) is 0.785. The monoisotopic (exact) mass is 252 g/mol. The van der Waals surface area contributed by atoms with Gasteiger partial charge in [-0.05, 0) is 15.9 Å². The molecule has 1 rings (SSSR count). The lowest BCUT2D eigenvalue weighted by Crippen LogP contribution is -2.15. The Kier molecular flexibility index (Phi) is 3.16. The summed E-state index contributed by atoms with van der Waals surface area (Å²) in [7, 11) is 0. The van der Waals surface area contributed by atoms with Crippen molar-refractivity contribution in [1.82, 2.24) is 4.98 Å². The minimum absolute atomic E-state index is 0.0133. The molecule has 3 nitrogen and oxygen atoms in total. The lowest BCUT2D eigenvalue weighted by molar-refractivity contribution is 0.145. The third kappa shape index (κ3) is 2.13. The second-order valence-corrected chi connectivity index (χ2v) is 3.18. The first-order valence-electron chi connectivity index (χ1n) is 3.46. The minimum Gasteiger partial charge on any atom is -0.348 e. The third-order valence-electron chi connectivity index (χ3n) is 1.54. The molecule has 6 heteroatoms. The summed E-state index contributed by atoms with van der Waals surface area (Å²) in [6, 6.07) is 0.859. The second-order valence-electron chi connectivity index (χ2n) is 2.39. The van der Waals surface area contributed by atoms with Gasteiger partial charge in [0, 0.05) is 18.2 Å². The van der Waals surface area contributed by atoms with E-state index in [4.69, 9.17) is 5.73 Å². The Bertz CT molecular complexity index is 364. The van der Waals surface area contributed by atoms with E-state index in [1.807, 2.05) is 0 Å². The predicted molar refractivity (Wildman–Crippen MR) is 47.6 cm³/mol. The Morgan fingerprint density at radius 2 is 2.23 bits per heavy atom. The van der Waals surface area contributed by atoms with E-state index in [9.17, 15) is 13.6 Å². The zero-order valence-corrected chi connectivity index (χ0v) is 8.07. The van der Waals surface area contributed by atoms with E-state index in [1.54, 1.807) is 0 Å². The van der Waals surface area contributed by atoms with Crippen LogP contribution in [0.4, 0.5) is 8.78 Å².